The normalized spacial score (nSPS) is 10.1. The summed E-state index contributed by atoms with van der Waals surface area (Å²) in [5.41, 5.74) is 6.90. The van der Waals surface area contributed by atoms with Gasteiger partial charge in [-0.15, -0.1) is 0 Å². The van der Waals surface area contributed by atoms with Crippen LogP contribution in [0.1, 0.15) is 15.9 Å². The molecular formula is C12H9ClN2O. The third-order valence-corrected chi connectivity index (χ3v) is 2.54. The first kappa shape index (κ1) is 10.6. The van der Waals surface area contributed by atoms with E-state index in [0.29, 0.717) is 21.8 Å². The van der Waals surface area contributed by atoms with Gasteiger partial charge in [0.1, 0.15) is 0 Å². The molecule has 2 N–H and O–H groups in total. The van der Waals surface area contributed by atoms with Crippen LogP contribution in [-0.4, -0.2) is 10.8 Å². The lowest BCUT2D eigenvalue weighted by Gasteiger charge is -2.05. The van der Waals surface area contributed by atoms with E-state index in [1.807, 2.05) is 0 Å². The van der Waals surface area contributed by atoms with Gasteiger partial charge in [0.2, 0.25) is 0 Å². The SMILES string of the molecule is Nc1cnccc1C(=O)c1ccccc1Cl. The molecule has 80 valence electrons. The molecule has 4 heteroatoms. The van der Waals surface area contributed by atoms with Gasteiger partial charge in [-0.1, -0.05) is 23.7 Å². The fourth-order valence-corrected chi connectivity index (χ4v) is 1.63. The lowest BCUT2D eigenvalue weighted by molar-refractivity contribution is 0.103. The quantitative estimate of drug-likeness (QED) is 0.810. The van der Waals surface area contributed by atoms with Gasteiger partial charge in [-0.2, -0.15) is 0 Å². The summed E-state index contributed by atoms with van der Waals surface area (Å²) in [5, 5.41) is 0.420. The van der Waals surface area contributed by atoms with Crippen LogP contribution in [0, 0.1) is 0 Å². The Labute approximate surface area is 97.9 Å². The van der Waals surface area contributed by atoms with Gasteiger partial charge in [-0.25, -0.2) is 0 Å². The van der Waals surface area contributed by atoms with E-state index in [4.69, 9.17) is 17.3 Å². The third kappa shape index (κ3) is 1.90. The van der Waals surface area contributed by atoms with Crippen molar-refractivity contribution in [2.45, 2.75) is 0 Å². The number of pyridine rings is 1. The zero-order valence-electron chi connectivity index (χ0n) is 8.35. The predicted molar refractivity (Wildman–Crippen MR) is 63.5 cm³/mol. The average Bonchev–Trinajstić information content (AvgIpc) is 2.29. The molecule has 0 amide bonds. The molecule has 2 rings (SSSR count). The van der Waals surface area contributed by atoms with Crippen LogP contribution >= 0.6 is 11.6 Å². The van der Waals surface area contributed by atoms with Crippen molar-refractivity contribution in [3.8, 4) is 0 Å². The summed E-state index contributed by atoms with van der Waals surface area (Å²) < 4.78 is 0. The maximum Gasteiger partial charge on any atom is 0.196 e. The number of aromatic nitrogens is 1. The third-order valence-electron chi connectivity index (χ3n) is 2.22. The van der Waals surface area contributed by atoms with Gasteiger partial charge in [-0.3, -0.25) is 9.78 Å². The summed E-state index contributed by atoms with van der Waals surface area (Å²) in [6, 6.07) is 8.46. The molecule has 0 bridgehead atoms. The van der Waals surface area contributed by atoms with E-state index >= 15 is 0 Å². The summed E-state index contributed by atoms with van der Waals surface area (Å²) in [4.78, 5) is 15.9. The Bertz CT molecular complexity index is 493. The molecule has 1 aromatic heterocycles. The van der Waals surface area contributed by atoms with Crippen LogP contribution in [0.25, 0.3) is 0 Å². The first-order chi connectivity index (χ1) is 7.70. The van der Waals surface area contributed by atoms with Crippen LogP contribution in [0.2, 0.25) is 5.02 Å². The van der Waals surface area contributed by atoms with Crippen LogP contribution in [-0.2, 0) is 0 Å². The summed E-state index contributed by atoms with van der Waals surface area (Å²) in [7, 11) is 0. The first-order valence-corrected chi connectivity index (χ1v) is 5.06. The summed E-state index contributed by atoms with van der Waals surface area (Å²) >= 11 is 5.94. The largest absolute Gasteiger partial charge is 0.397 e. The Balaban J connectivity index is 2.48. The number of hydrogen-bond acceptors (Lipinski definition) is 3. The van der Waals surface area contributed by atoms with E-state index in [2.05, 4.69) is 4.98 Å². The van der Waals surface area contributed by atoms with E-state index in [1.54, 1.807) is 30.3 Å². The molecule has 0 aliphatic carbocycles. The van der Waals surface area contributed by atoms with Crippen molar-refractivity contribution >= 4 is 23.1 Å². The number of hydrogen-bond donors (Lipinski definition) is 1. The number of rotatable bonds is 2. The Morgan fingerprint density at radius 1 is 1.19 bits per heavy atom. The Morgan fingerprint density at radius 3 is 2.62 bits per heavy atom. The molecule has 0 fully saturated rings. The average molecular weight is 233 g/mol. The summed E-state index contributed by atoms with van der Waals surface area (Å²) in [6.45, 7) is 0. The maximum absolute atomic E-state index is 12.1. The highest BCUT2D eigenvalue weighted by atomic mass is 35.5. The predicted octanol–water partition coefficient (Wildman–Crippen LogP) is 2.55. The van der Waals surface area contributed by atoms with Crippen LogP contribution < -0.4 is 5.73 Å². The molecule has 0 saturated carbocycles. The van der Waals surface area contributed by atoms with Crippen molar-refractivity contribution in [2.75, 3.05) is 5.73 Å². The van der Waals surface area contributed by atoms with Crippen LogP contribution in [0.15, 0.2) is 42.7 Å². The van der Waals surface area contributed by atoms with E-state index < -0.39 is 0 Å². The molecule has 0 aliphatic heterocycles. The number of carbonyl (C=O) groups is 1. The van der Waals surface area contributed by atoms with Crippen molar-refractivity contribution in [2.24, 2.45) is 0 Å². The number of anilines is 1. The van der Waals surface area contributed by atoms with Crippen LogP contribution in [0.5, 0.6) is 0 Å². The van der Waals surface area contributed by atoms with Gasteiger partial charge >= 0.3 is 0 Å². The molecule has 0 atom stereocenters. The number of carbonyl (C=O) groups excluding carboxylic acids is 1. The van der Waals surface area contributed by atoms with Gasteiger partial charge in [-0.05, 0) is 18.2 Å². The maximum atomic E-state index is 12.1. The number of nitrogens with zero attached hydrogens (tertiary/aromatic N) is 1. The minimum atomic E-state index is -0.189. The topological polar surface area (TPSA) is 56.0 Å². The minimum absolute atomic E-state index is 0.189. The van der Waals surface area contributed by atoms with Crippen molar-refractivity contribution in [3.63, 3.8) is 0 Å². The Hall–Kier alpha value is -1.87. The molecular weight excluding hydrogens is 224 g/mol. The van der Waals surface area contributed by atoms with Gasteiger partial charge in [0.15, 0.2) is 5.78 Å². The highest BCUT2D eigenvalue weighted by Gasteiger charge is 2.14. The zero-order chi connectivity index (χ0) is 11.5. The molecule has 1 heterocycles. The lowest BCUT2D eigenvalue weighted by Crippen LogP contribution is -2.06. The molecule has 0 radical (unpaired) electrons. The fraction of sp³-hybridized carbons (Fsp3) is 0. The summed E-state index contributed by atoms with van der Waals surface area (Å²) in [6.07, 6.45) is 2.98. The van der Waals surface area contributed by atoms with Gasteiger partial charge in [0, 0.05) is 17.3 Å². The standard InChI is InChI=1S/C12H9ClN2O/c13-10-4-2-1-3-8(10)12(16)9-5-6-15-7-11(9)14/h1-7H,14H2. The van der Waals surface area contributed by atoms with Gasteiger partial charge in [0.25, 0.3) is 0 Å². The lowest BCUT2D eigenvalue weighted by atomic mass is 10.0. The van der Waals surface area contributed by atoms with E-state index in [1.165, 1.54) is 12.4 Å². The second-order valence-corrected chi connectivity index (χ2v) is 3.68. The van der Waals surface area contributed by atoms with Crippen molar-refractivity contribution in [3.05, 3.63) is 58.9 Å². The van der Waals surface area contributed by atoms with Gasteiger partial charge in [0.05, 0.1) is 16.9 Å². The van der Waals surface area contributed by atoms with Crippen molar-refractivity contribution in [1.82, 2.24) is 4.98 Å². The van der Waals surface area contributed by atoms with Gasteiger partial charge < -0.3 is 5.73 Å². The van der Waals surface area contributed by atoms with Crippen molar-refractivity contribution < 1.29 is 4.79 Å². The second kappa shape index (κ2) is 4.33. The number of nitrogens with two attached hydrogens (primary N) is 1. The second-order valence-electron chi connectivity index (χ2n) is 3.27. The molecule has 0 aliphatic rings. The molecule has 0 spiro atoms. The van der Waals surface area contributed by atoms with E-state index in [-0.39, 0.29) is 5.78 Å². The summed E-state index contributed by atoms with van der Waals surface area (Å²) in [5.74, 6) is -0.189. The van der Waals surface area contributed by atoms with Crippen LogP contribution in [0.4, 0.5) is 5.69 Å². The van der Waals surface area contributed by atoms with Crippen LogP contribution in [0.3, 0.4) is 0 Å². The fourth-order valence-electron chi connectivity index (χ4n) is 1.40. The minimum Gasteiger partial charge on any atom is -0.397 e. The molecule has 3 nitrogen and oxygen atoms in total. The highest BCUT2D eigenvalue weighted by molar-refractivity contribution is 6.35. The van der Waals surface area contributed by atoms with E-state index in [0.717, 1.165) is 0 Å². The number of ketones is 1. The Kier molecular flexibility index (Phi) is 2.88. The van der Waals surface area contributed by atoms with E-state index in [9.17, 15) is 4.79 Å². The Morgan fingerprint density at radius 2 is 1.94 bits per heavy atom. The molecule has 2 aromatic rings. The highest BCUT2D eigenvalue weighted by Crippen LogP contribution is 2.21. The zero-order valence-corrected chi connectivity index (χ0v) is 9.11. The monoisotopic (exact) mass is 232 g/mol. The number of benzene rings is 1. The molecule has 0 unspecified atom stereocenters. The molecule has 0 saturated heterocycles. The smallest absolute Gasteiger partial charge is 0.196 e. The number of nitrogen functional groups attached to an aromatic ring is 1. The molecule has 16 heavy (non-hydrogen) atoms. The van der Waals surface area contributed by atoms with Crippen molar-refractivity contribution in [1.29, 1.82) is 0 Å². The first-order valence-electron chi connectivity index (χ1n) is 4.69. The number of halogens is 1. The molecule has 1 aromatic carbocycles.